The molecule has 2 atom stereocenters. The summed E-state index contributed by atoms with van der Waals surface area (Å²) in [5, 5.41) is 13.9. The fourth-order valence-electron chi connectivity index (χ4n) is 3.21. The Bertz CT molecular complexity index is 1060. The Balaban J connectivity index is 1.66. The predicted molar refractivity (Wildman–Crippen MR) is 119 cm³/mol. The molecule has 1 aliphatic rings. The van der Waals surface area contributed by atoms with Gasteiger partial charge in [0.15, 0.2) is 0 Å². The lowest BCUT2D eigenvalue weighted by Crippen LogP contribution is -2.53. The maximum Gasteiger partial charge on any atom is 0.310 e. The van der Waals surface area contributed by atoms with Crippen molar-refractivity contribution in [2.75, 3.05) is 25.2 Å². The molecule has 0 aromatic heterocycles. The number of rotatable bonds is 4. The van der Waals surface area contributed by atoms with Crippen molar-refractivity contribution < 1.29 is 24.2 Å². The molecule has 2 aromatic carbocycles. The number of likely N-dealkylation sites (N-methyl/N-ethyl adjacent to an activating group) is 1. The van der Waals surface area contributed by atoms with Crippen LogP contribution in [0.25, 0.3) is 0 Å². The summed E-state index contributed by atoms with van der Waals surface area (Å²) in [6.07, 6.45) is 0.349. The predicted octanol–water partition coefficient (Wildman–Crippen LogP) is 1.14. The number of hydrogen-bond donors (Lipinski definition) is 3. The molecule has 3 N–H and O–H groups in total. The Morgan fingerprint density at radius 2 is 1.97 bits per heavy atom. The van der Waals surface area contributed by atoms with Crippen molar-refractivity contribution in [3.8, 4) is 17.6 Å². The molecule has 0 bridgehead atoms. The number of nitrogens with one attached hydrogen (secondary N) is 2. The van der Waals surface area contributed by atoms with Crippen molar-refractivity contribution in [1.82, 2.24) is 10.6 Å². The number of amides is 3. The standard InChI is InChI=1S/C24H25N3O5/c1-16(18-9-4-3-5-10-18)25-22(29)23(30)26-19-15-32-21-12-11-17(8-6-7-13-28)14-20(21)27(2)24(19)31/h3-5,9-12,14,16,19,28H,7,13,15H2,1-2H3,(H,25,29)(H,26,30)/t16-,19+/m1/s1. The van der Waals surface area contributed by atoms with Gasteiger partial charge in [0.1, 0.15) is 18.4 Å². The Kier molecular flexibility index (Phi) is 7.47. The van der Waals surface area contributed by atoms with Crippen LogP contribution in [0.1, 0.15) is 30.5 Å². The van der Waals surface area contributed by atoms with E-state index in [0.717, 1.165) is 5.56 Å². The summed E-state index contributed by atoms with van der Waals surface area (Å²) in [6.45, 7) is 1.63. The minimum atomic E-state index is -1.03. The van der Waals surface area contributed by atoms with E-state index in [2.05, 4.69) is 22.5 Å². The smallest absolute Gasteiger partial charge is 0.310 e. The van der Waals surface area contributed by atoms with E-state index in [1.165, 1.54) is 4.90 Å². The second-order valence-corrected chi connectivity index (χ2v) is 7.30. The van der Waals surface area contributed by atoms with Gasteiger partial charge < -0.3 is 25.4 Å². The first-order chi connectivity index (χ1) is 15.4. The highest BCUT2D eigenvalue weighted by molar-refractivity contribution is 6.35. The minimum Gasteiger partial charge on any atom is -0.489 e. The van der Waals surface area contributed by atoms with Crippen LogP contribution in [0, 0.1) is 11.8 Å². The molecule has 0 radical (unpaired) electrons. The maximum absolute atomic E-state index is 12.9. The molecule has 32 heavy (non-hydrogen) atoms. The summed E-state index contributed by atoms with van der Waals surface area (Å²) in [5.41, 5.74) is 2.03. The Morgan fingerprint density at radius 3 is 2.69 bits per heavy atom. The van der Waals surface area contributed by atoms with Gasteiger partial charge in [-0.15, -0.1) is 0 Å². The highest BCUT2D eigenvalue weighted by Gasteiger charge is 2.32. The number of carbonyl (C=O) groups is 3. The molecule has 0 fully saturated rings. The molecule has 166 valence electrons. The molecule has 3 rings (SSSR count). The topological polar surface area (TPSA) is 108 Å². The summed E-state index contributed by atoms with van der Waals surface area (Å²) in [5.74, 6) is 4.05. The van der Waals surface area contributed by atoms with Gasteiger partial charge in [0.05, 0.1) is 18.3 Å². The van der Waals surface area contributed by atoms with E-state index in [0.29, 0.717) is 23.4 Å². The molecular weight excluding hydrogens is 410 g/mol. The third-order valence-electron chi connectivity index (χ3n) is 4.98. The van der Waals surface area contributed by atoms with Gasteiger partial charge in [-0.3, -0.25) is 14.4 Å². The van der Waals surface area contributed by atoms with Gasteiger partial charge in [-0.05, 0) is 30.7 Å². The van der Waals surface area contributed by atoms with E-state index >= 15 is 0 Å². The van der Waals surface area contributed by atoms with Gasteiger partial charge in [-0.1, -0.05) is 42.2 Å². The Labute approximate surface area is 186 Å². The lowest BCUT2D eigenvalue weighted by molar-refractivity contribution is -0.141. The lowest BCUT2D eigenvalue weighted by atomic mass is 10.1. The summed E-state index contributed by atoms with van der Waals surface area (Å²) in [4.78, 5) is 39.1. The molecule has 0 aliphatic carbocycles. The number of benzene rings is 2. The van der Waals surface area contributed by atoms with E-state index in [1.807, 2.05) is 30.3 Å². The average Bonchev–Trinajstić information content (AvgIpc) is 2.92. The van der Waals surface area contributed by atoms with Crippen LogP contribution < -0.4 is 20.3 Å². The van der Waals surface area contributed by atoms with Crippen molar-refractivity contribution in [3.05, 3.63) is 59.7 Å². The molecular formula is C24H25N3O5. The number of aliphatic hydroxyl groups is 1. The third-order valence-corrected chi connectivity index (χ3v) is 4.98. The number of carbonyl (C=O) groups excluding carboxylic acids is 3. The molecule has 0 unspecified atom stereocenters. The zero-order valence-electron chi connectivity index (χ0n) is 17.9. The number of aliphatic hydroxyl groups excluding tert-OH is 1. The normalized spacial score (nSPS) is 15.9. The summed E-state index contributed by atoms with van der Waals surface area (Å²) >= 11 is 0. The van der Waals surface area contributed by atoms with E-state index in [4.69, 9.17) is 9.84 Å². The minimum absolute atomic E-state index is 0.0292. The Hall–Kier alpha value is -3.83. The second-order valence-electron chi connectivity index (χ2n) is 7.30. The maximum atomic E-state index is 12.9. The molecule has 1 aliphatic heterocycles. The van der Waals surface area contributed by atoms with Crippen LogP contribution >= 0.6 is 0 Å². The number of fused-ring (bicyclic) bond motifs is 1. The third kappa shape index (κ3) is 5.45. The zero-order valence-corrected chi connectivity index (χ0v) is 17.9. The molecule has 1 heterocycles. The largest absolute Gasteiger partial charge is 0.489 e. The van der Waals surface area contributed by atoms with E-state index in [-0.39, 0.29) is 19.3 Å². The molecule has 0 saturated carbocycles. The monoisotopic (exact) mass is 435 g/mol. The first-order valence-corrected chi connectivity index (χ1v) is 10.2. The van der Waals surface area contributed by atoms with Crippen molar-refractivity contribution in [3.63, 3.8) is 0 Å². The number of anilines is 1. The van der Waals surface area contributed by atoms with E-state index in [9.17, 15) is 14.4 Å². The highest BCUT2D eigenvalue weighted by atomic mass is 16.5. The van der Waals surface area contributed by atoms with Crippen molar-refractivity contribution in [2.45, 2.75) is 25.4 Å². The number of hydrogen-bond acceptors (Lipinski definition) is 5. The fourth-order valence-corrected chi connectivity index (χ4v) is 3.21. The van der Waals surface area contributed by atoms with Crippen LogP contribution in [0.3, 0.4) is 0 Å². The van der Waals surface area contributed by atoms with Crippen molar-refractivity contribution >= 4 is 23.4 Å². The molecule has 3 amide bonds. The van der Waals surface area contributed by atoms with Crippen LogP contribution in [-0.4, -0.2) is 49.1 Å². The van der Waals surface area contributed by atoms with Crippen LogP contribution in [0.2, 0.25) is 0 Å². The SMILES string of the molecule is C[C@@H](NC(=O)C(=O)N[C@H]1COc2ccc(C#CCCO)cc2N(C)C1=O)c1ccccc1. The van der Waals surface area contributed by atoms with Gasteiger partial charge in [0.25, 0.3) is 5.91 Å². The summed E-state index contributed by atoms with van der Waals surface area (Å²) in [6, 6.07) is 13.0. The van der Waals surface area contributed by atoms with Crippen molar-refractivity contribution in [1.29, 1.82) is 0 Å². The van der Waals surface area contributed by atoms with E-state index in [1.54, 1.807) is 32.2 Å². The first-order valence-electron chi connectivity index (χ1n) is 10.2. The van der Waals surface area contributed by atoms with Gasteiger partial charge in [-0.25, -0.2) is 0 Å². The molecule has 0 saturated heterocycles. The Morgan fingerprint density at radius 1 is 1.22 bits per heavy atom. The van der Waals surface area contributed by atoms with E-state index < -0.39 is 23.8 Å². The molecule has 8 nitrogen and oxygen atoms in total. The fraction of sp³-hybridized carbons (Fsp3) is 0.292. The first kappa shape index (κ1) is 22.8. The van der Waals surface area contributed by atoms with Crippen LogP contribution in [-0.2, 0) is 14.4 Å². The number of nitrogens with zero attached hydrogens (tertiary/aromatic N) is 1. The quantitative estimate of drug-likeness (QED) is 0.493. The number of ether oxygens (including phenoxy) is 1. The zero-order chi connectivity index (χ0) is 23.1. The van der Waals surface area contributed by atoms with Gasteiger partial charge >= 0.3 is 11.8 Å². The molecule has 0 spiro atoms. The van der Waals surface area contributed by atoms with Crippen LogP contribution in [0.4, 0.5) is 5.69 Å². The van der Waals surface area contributed by atoms with Crippen molar-refractivity contribution in [2.24, 2.45) is 0 Å². The summed E-state index contributed by atoms with van der Waals surface area (Å²) in [7, 11) is 1.57. The average molecular weight is 435 g/mol. The van der Waals surface area contributed by atoms with Crippen LogP contribution in [0.15, 0.2) is 48.5 Å². The van der Waals surface area contributed by atoms with Crippen LogP contribution in [0.5, 0.6) is 5.75 Å². The van der Waals surface area contributed by atoms with Gasteiger partial charge in [-0.2, -0.15) is 0 Å². The van der Waals surface area contributed by atoms with Gasteiger partial charge in [0, 0.05) is 19.0 Å². The lowest BCUT2D eigenvalue weighted by Gasteiger charge is -2.21. The second kappa shape index (κ2) is 10.5. The van der Waals surface area contributed by atoms with Gasteiger partial charge in [0.2, 0.25) is 0 Å². The molecule has 2 aromatic rings. The summed E-state index contributed by atoms with van der Waals surface area (Å²) < 4.78 is 5.72. The molecule has 8 heteroatoms. The highest BCUT2D eigenvalue weighted by Crippen LogP contribution is 2.31.